The normalized spacial score (nSPS) is 22.4. The lowest BCUT2D eigenvalue weighted by molar-refractivity contribution is 0.0971. The number of hydrogen-bond acceptors (Lipinski definition) is 2. The lowest BCUT2D eigenvalue weighted by Crippen LogP contribution is -2.00. The average molecular weight is 226 g/mol. The molecule has 4 heteroatoms. The molecule has 1 heterocycles. The van der Waals surface area contributed by atoms with Gasteiger partial charge in [-0.15, -0.1) is 0 Å². The molecule has 0 radical (unpaired) electrons. The highest BCUT2D eigenvalue weighted by atomic mass is 19.3. The molecular formula is C12H16F2N2. The lowest BCUT2D eigenvalue weighted by atomic mass is 10.1. The zero-order chi connectivity index (χ0) is 11.8. The van der Waals surface area contributed by atoms with E-state index in [2.05, 4.69) is 23.8 Å². The summed E-state index contributed by atoms with van der Waals surface area (Å²) >= 11 is 0. The van der Waals surface area contributed by atoms with Crippen molar-refractivity contribution in [2.75, 3.05) is 0 Å². The molecule has 2 nitrogen and oxygen atoms in total. The summed E-state index contributed by atoms with van der Waals surface area (Å²) in [4.78, 5) is 8.50. The van der Waals surface area contributed by atoms with Crippen LogP contribution in [0.3, 0.4) is 0 Å². The van der Waals surface area contributed by atoms with Gasteiger partial charge in [0.2, 0.25) is 0 Å². The van der Waals surface area contributed by atoms with E-state index in [4.69, 9.17) is 0 Å². The maximum absolute atomic E-state index is 12.6. The van der Waals surface area contributed by atoms with Gasteiger partial charge in [0.1, 0.15) is 0 Å². The van der Waals surface area contributed by atoms with Crippen molar-refractivity contribution in [1.29, 1.82) is 0 Å². The molecule has 0 aliphatic heterocycles. The second-order valence-electron chi connectivity index (χ2n) is 4.79. The van der Waals surface area contributed by atoms with Crippen molar-refractivity contribution in [3.8, 4) is 0 Å². The van der Waals surface area contributed by atoms with Crippen LogP contribution in [0.15, 0.2) is 12.4 Å². The van der Waals surface area contributed by atoms with Crippen LogP contribution in [-0.4, -0.2) is 15.9 Å². The summed E-state index contributed by atoms with van der Waals surface area (Å²) in [5, 5.41) is 0. The number of alkyl halides is 2. The Bertz CT molecular complexity index is 360. The summed E-state index contributed by atoms with van der Waals surface area (Å²) in [5.41, 5.74) is 1.76. The van der Waals surface area contributed by atoms with Gasteiger partial charge in [-0.1, -0.05) is 13.8 Å². The van der Waals surface area contributed by atoms with Crippen molar-refractivity contribution in [2.24, 2.45) is 5.92 Å². The minimum Gasteiger partial charge on any atom is -0.258 e. The Morgan fingerprint density at radius 1 is 1.38 bits per heavy atom. The van der Waals surface area contributed by atoms with Crippen LogP contribution in [0.5, 0.6) is 0 Å². The van der Waals surface area contributed by atoms with E-state index in [-0.39, 0.29) is 6.42 Å². The van der Waals surface area contributed by atoms with E-state index in [1.807, 2.05) is 0 Å². The van der Waals surface area contributed by atoms with E-state index in [0.717, 1.165) is 11.4 Å². The van der Waals surface area contributed by atoms with E-state index >= 15 is 0 Å². The minimum atomic E-state index is -2.41. The van der Waals surface area contributed by atoms with Gasteiger partial charge in [-0.05, 0) is 18.8 Å². The number of aryl methyl sites for hydroxylation is 1. The van der Waals surface area contributed by atoms with Crippen molar-refractivity contribution >= 4 is 0 Å². The third-order valence-corrected chi connectivity index (χ3v) is 3.02. The first kappa shape index (κ1) is 11.4. The van der Waals surface area contributed by atoms with Gasteiger partial charge in [0.25, 0.3) is 5.92 Å². The van der Waals surface area contributed by atoms with Crippen LogP contribution in [0.4, 0.5) is 8.78 Å². The summed E-state index contributed by atoms with van der Waals surface area (Å²) in [6.07, 6.45) is 4.61. The molecule has 1 fully saturated rings. The fourth-order valence-electron chi connectivity index (χ4n) is 1.70. The smallest absolute Gasteiger partial charge is 0.251 e. The summed E-state index contributed by atoms with van der Waals surface area (Å²) in [6, 6.07) is 0. The highest BCUT2D eigenvalue weighted by Crippen LogP contribution is 2.50. The largest absolute Gasteiger partial charge is 0.258 e. The van der Waals surface area contributed by atoms with Crippen LogP contribution in [0.1, 0.15) is 44.0 Å². The lowest BCUT2D eigenvalue weighted by Gasteiger charge is -2.04. The van der Waals surface area contributed by atoms with Crippen molar-refractivity contribution in [3.05, 3.63) is 23.8 Å². The Balaban J connectivity index is 1.86. The van der Waals surface area contributed by atoms with Crippen LogP contribution < -0.4 is 0 Å². The van der Waals surface area contributed by atoms with E-state index in [1.54, 1.807) is 12.4 Å². The molecule has 1 aliphatic carbocycles. The van der Waals surface area contributed by atoms with Gasteiger partial charge in [-0.3, -0.25) is 9.97 Å². The molecule has 0 N–H and O–H groups in total. The van der Waals surface area contributed by atoms with Crippen molar-refractivity contribution in [2.45, 2.75) is 45.0 Å². The van der Waals surface area contributed by atoms with Crippen LogP contribution >= 0.6 is 0 Å². The molecule has 0 aromatic carbocycles. The zero-order valence-corrected chi connectivity index (χ0v) is 9.58. The molecule has 2 rings (SSSR count). The predicted molar refractivity (Wildman–Crippen MR) is 57.5 cm³/mol. The second-order valence-corrected chi connectivity index (χ2v) is 4.79. The first-order valence-electron chi connectivity index (χ1n) is 5.67. The van der Waals surface area contributed by atoms with Gasteiger partial charge < -0.3 is 0 Å². The first-order chi connectivity index (χ1) is 7.49. The number of aromatic nitrogens is 2. The summed E-state index contributed by atoms with van der Waals surface area (Å²) in [7, 11) is 0. The standard InChI is InChI=1S/C12H16F2N2/c1-8(2)11-7-15-10(6-16-11)4-3-9-5-12(9,13)14/h6-9H,3-5H2,1-2H3. The molecule has 1 atom stereocenters. The fourth-order valence-corrected chi connectivity index (χ4v) is 1.70. The molecule has 0 saturated heterocycles. The first-order valence-corrected chi connectivity index (χ1v) is 5.67. The summed E-state index contributed by atoms with van der Waals surface area (Å²) in [5.74, 6) is -2.49. The van der Waals surface area contributed by atoms with E-state index in [9.17, 15) is 8.78 Å². The second kappa shape index (κ2) is 4.07. The highest BCUT2D eigenvalue weighted by molar-refractivity contribution is 5.07. The molecular weight excluding hydrogens is 210 g/mol. The minimum absolute atomic E-state index is 0.0461. The number of hydrogen-bond donors (Lipinski definition) is 0. The predicted octanol–water partition coefficient (Wildman–Crippen LogP) is 3.19. The molecule has 0 bridgehead atoms. The Kier molecular flexibility index (Phi) is 2.91. The Morgan fingerprint density at radius 3 is 2.50 bits per heavy atom. The van der Waals surface area contributed by atoms with Gasteiger partial charge in [-0.25, -0.2) is 8.78 Å². The third kappa shape index (κ3) is 2.54. The van der Waals surface area contributed by atoms with E-state index in [1.165, 1.54) is 0 Å². The SMILES string of the molecule is CC(C)c1cnc(CCC2CC2(F)F)cn1. The molecule has 1 aromatic rings. The number of nitrogens with zero attached hydrogens (tertiary/aromatic N) is 2. The Hall–Kier alpha value is -1.06. The van der Waals surface area contributed by atoms with Crippen LogP contribution in [0.25, 0.3) is 0 Å². The molecule has 1 aromatic heterocycles. The summed E-state index contributed by atoms with van der Waals surface area (Å²) < 4.78 is 25.3. The van der Waals surface area contributed by atoms with Crippen LogP contribution in [0.2, 0.25) is 0 Å². The Morgan fingerprint density at radius 2 is 2.06 bits per heavy atom. The van der Waals surface area contributed by atoms with Crippen molar-refractivity contribution in [1.82, 2.24) is 9.97 Å². The van der Waals surface area contributed by atoms with Gasteiger partial charge in [0.15, 0.2) is 0 Å². The molecule has 1 aliphatic rings. The van der Waals surface area contributed by atoms with Gasteiger partial charge in [0, 0.05) is 24.7 Å². The summed E-state index contributed by atoms with van der Waals surface area (Å²) in [6.45, 7) is 4.10. The van der Waals surface area contributed by atoms with E-state index in [0.29, 0.717) is 18.8 Å². The zero-order valence-electron chi connectivity index (χ0n) is 9.58. The van der Waals surface area contributed by atoms with Crippen LogP contribution in [0, 0.1) is 5.92 Å². The van der Waals surface area contributed by atoms with Crippen LogP contribution in [-0.2, 0) is 6.42 Å². The molecule has 0 spiro atoms. The maximum Gasteiger partial charge on any atom is 0.251 e. The van der Waals surface area contributed by atoms with Gasteiger partial charge >= 0.3 is 0 Å². The topological polar surface area (TPSA) is 25.8 Å². The Labute approximate surface area is 94.1 Å². The number of rotatable bonds is 4. The van der Waals surface area contributed by atoms with Gasteiger partial charge in [0.05, 0.1) is 11.4 Å². The molecule has 16 heavy (non-hydrogen) atoms. The maximum atomic E-state index is 12.6. The number of halogens is 2. The quantitative estimate of drug-likeness (QED) is 0.788. The molecule has 1 unspecified atom stereocenters. The molecule has 88 valence electrons. The molecule has 1 saturated carbocycles. The van der Waals surface area contributed by atoms with Crippen molar-refractivity contribution < 1.29 is 8.78 Å². The monoisotopic (exact) mass is 226 g/mol. The fraction of sp³-hybridized carbons (Fsp3) is 0.667. The van der Waals surface area contributed by atoms with Crippen molar-refractivity contribution in [3.63, 3.8) is 0 Å². The molecule has 0 amide bonds. The highest BCUT2D eigenvalue weighted by Gasteiger charge is 2.55. The van der Waals surface area contributed by atoms with Gasteiger partial charge in [-0.2, -0.15) is 0 Å². The average Bonchev–Trinajstić information content (AvgIpc) is 2.84. The third-order valence-electron chi connectivity index (χ3n) is 3.02. The van der Waals surface area contributed by atoms with E-state index < -0.39 is 11.8 Å².